The first-order valence-corrected chi connectivity index (χ1v) is 7.93. The highest BCUT2D eigenvalue weighted by atomic mass is 31.1. The van der Waals surface area contributed by atoms with Crippen molar-refractivity contribution >= 4 is 13.7 Å². The SMILES string of the molecule is Cc1ccc(NC2C(O)C(O)C(CCO)O[PH]2=O)cc1. The zero-order chi connectivity index (χ0) is 14.7. The summed E-state index contributed by atoms with van der Waals surface area (Å²) < 4.78 is 17.3. The number of nitrogens with one attached hydrogen (secondary N) is 1. The third-order valence-electron chi connectivity index (χ3n) is 3.38. The van der Waals surface area contributed by atoms with Crippen molar-refractivity contribution in [1.82, 2.24) is 0 Å². The van der Waals surface area contributed by atoms with E-state index < -0.39 is 32.1 Å². The summed E-state index contributed by atoms with van der Waals surface area (Å²) in [7, 11) is -2.57. The monoisotopic (exact) mass is 301 g/mol. The van der Waals surface area contributed by atoms with E-state index in [1.165, 1.54) is 0 Å². The van der Waals surface area contributed by atoms with Gasteiger partial charge in [0.1, 0.15) is 18.0 Å². The number of rotatable bonds is 4. The van der Waals surface area contributed by atoms with Crippen LogP contribution in [0.4, 0.5) is 5.69 Å². The molecule has 7 heteroatoms. The van der Waals surface area contributed by atoms with Crippen molar-refractivity contribution in [3.05, 3.63) is 29.8 Å². The maximum Gasteiger partial charge on any atom is 0.216 e. The molecule has 2 rings (SSSR count). The lowest BCUT2D eigenvalue weighted by atomic mass is 10.0. The number of aliphatic hydroxyl groups excluding tert-OH is 3. The third kappa shape index (κ3) is 3.40. The van der Waals surface area contributed by atoms with E-state index in [0.717, 1.165) is 5.56 Å². The van der Waals surface area contributed by atoms with Crippen LogP contribution in [-0.4, -0.2) is 46.0 Å². The molecule has 6 nitrogen and oxygen atoms in total. The predicted molar refractivity (Wildman–Crippen MR) is 76.2 cm³/mol. The first-order chi connectivity index (χ1) is 9.52. The van der Waals surface area contributed by atoms with Gasteiger partial charge in [0.15, 0.2) is 0 Å². The van der Waals surface area contributed by atoms with Gasteiger partial charge in [-0.25, -0.2) is 0 Å². The highest BCUT2D eigenvalue weighted by Crippen LogP contribution is 2.41. The number of hydrogen-bond acceptors (Lipinski definition) is 6. The molecule has 1 heterocycles. The molecule has 1 aromatic carbocycles. The molecule has 0 spiro atoms. The van der Waals surface area contributed by atoms with Gasteiger partial charge in [0, 0.05) is 12.3 Å². The van der Waals surface area contributed by atoms with Gasteiger partial charge >= 0.3 is 0 Å². The van der Waals surface area contributed by atoms with E-state index in [9.17, 15) is 14.8 Å². The van der Waals surface area contributed by atoms with E-state index in [1.54, 1.807) is 0 Å². The predicted octanol–water partition coefficient (Wildman–Crippen LogP) is 0.711. The van der Waals surface area contributed by atoms with Crippen molar-refractivity contribution in [3.63, 3.8) is 0 Å². The van der Waals surface area contributed by atoms with E-state index in [-0.39, 0.29) is 13.0 Å². The highest BCUT2D eigenvalue weighted by molar-refractivity contribution is 7.40. The minimum absolute atomic E-state index is 0.145. The van der Waals surface area contributed by atoms with Crippen molar-refractivity contribution < 1.29 is 24.4 Å². The zero-order valence-electron chi connectivity index (χ0n) is 11.2. The molecule has 1 aliphatic heterocycles. The summed E-state index contributed by atoms with van der Waals surface area (Å²) in [6.07, 6.45) is -3.02. The number of benzene rings is 1. The Hall–Kier alpha value is -0.910. The molecule has 4 N–H and O–H groups in total. The molecule has 1 fully saturated rings. The van der Waals surface area contributed by atoms with Gasteiger partial charge in [0.05, 0.1) is 6.10 Å². The minimum Gasteiger partial charge on any atom is -0.396 e. The molecule has 0 aromatic heterocycles. The smallest absolute Gasteiger partial charge is 0.216 e. The molecule has 1 aromatic rings. The van der Waals surface area contributed by atoms with E-state index >= 15 is 0 Å². The normalized spacial score (nSPS) is 33.9. The van der Waals surface area contributed by atoms with Crippen LogP contribution in [0.15, 0.2) is 24.3 Å². The molecule has 0 bridgehead atoms. The Bertz CT molecular complexity index is 466. The summed E-state index contributed by atoms with van der Waals surface area (Å²) in [5.41, 5.74) is 1.79. The molecular weight excluding hydrogens is 281 g/mol. The Labute approximate surface area is 118 Å². The van der Waals surface area contributed by atoms with E-state index in [1.807, 2.05) is 31.2 Å². The summed E-state index contributed by atoms with van der Waals surface area (Å²) in [6.45, 7) is 1.76. The standard InChI is InChI=1S/C13H20NO5P/c1-8-2-4-9(5-3-8)14-13-12(17)11(16)10(6-7-15)19-20(13)18/h2-5,10-17,20H,6-7H2,1H3. The van der Waals surface area contributed by atoms with Crippen LogP contribution in [0.25, 0.3) is 0 Å². The second kappa shape index (κ2) is 6.70. The van der Waals surface area contributed by atoms with Gasteiger partial charge in [0.2, 0.25) is 8.03 Å². The quantitative estimate of drug-likeness (QED) is 0.611. The highest BCUT2D eigenvalue weighted by Gasteiger charge is 2.42. The van der Waals surface area contributed by atoms with Crippen molar-refractivity contribution in [1.29, 1.82) is 0 Å². The van der Waals surface area contributed by atoms with Gasteiger partial charge in [-0.05, 0) is 25.5 Å². The fraction of sp³-hybridized carbons (Fsp3) is 0.538. The van der Waals surface area contributed by atoms with E-state index in [0.29, 0.717) is 5.69 Å². The van der Waals surface area contributed by atoms with Crippen LogP contribution in [0.5, 0.6) is 0 Å². The number of hydrogen-bond donors (Lipinski definition) is 4. The Morgan fingerprint density at radius 1 is 1.25 bits per heavy atom. The maximum atomic E-state index is 12.1. The molecule has 112 valence electrons. The second-order valence-electron chi connectivity index (χ2n) is 4.96. The Balaban J connectivity index is 2.08. The first-order valence-electron chi connectivity index (χ1n) is 6.53. The number of anilines is 1. The maximum absolute atomic E-state index is 12.1. The summed E-state index contributed by atoms with van der Waals surface area (Å²) in [6, 6.07) is 7.40. The van der Waals surface area contributed by atoms with Crippen molar-refractivity contribution in [2.75, 3.05) is 11.9 Å². The van der Waals surface area contributed by atoms with E-state index in [4.69, 9.17) is 9.63 Å². The summed E-state index contributed by atoms with van der Waals surface area (Å²) in [5, 5.41) is 31.8. The summed E-state index contributed by atoms with van der Waals surface area (Å²) in [4.78, 5) is 0. The van der Waals surface area contributed by atoms with Crippen LogP contribution < -0.4 is 5.32 Å². The fourth-order valence-electron chi connectivity index (χ4n) is 2.18. The molecule has 1 aliphatic rings. The van der Waals surface area contributed by atoms with Crippen LogP contribution in [0.1, 0.15) is 12.0 Å². The topological polar surface area (TPSA) is 99.0 Å². The molecule has 5 unspecified atom stereocenters. The molecule has 0 saturated carbocycles. The molecule has 5 atom stereocenters. The zero-order valence-corrected chi connectivity index (χ0v) is 12.2. The average Bonchev–Trinajstić information content (AvgIpc) is 2.43. The largest absolute Gasteiger partial charge is 0.396 e. The molecular formula is C13H20NO5P. The summed E-state index contributed by atoms with van der Waals surface area (Å²) in [5.74, 6) is -0.840. The van der Waals surface area contributed by atoms with Crippen molar-refractivity contribution in [2.45, 2.75) is 37.4 Å². The van der Waals surface area contributed by atoms with Crippen LogP contribution in [-0.2, 0) is 9.09 Å². The van der Waals surface area contributed by atoms with Crippen LogP contribution in [0.2, 0.25) is 0 Å². The molecule has 1 saturated heterocycles. The lowest BCUT2D eigenvalue weighted by Gasteiger charge is -2.37. The van der Waals surface area contributed by atoms with Crippen LogP contribution in [0.3, 0.4) is 0 Å². The molecule has 0 aliphatic carbocycles. The van der Waals surface area contributed by atoms with Gasteiger partial charge < -0.3 is 25.2 Å². The average molecular weight is 301 g/mol. The van der Waals surface area contributed by atoms with Crippen LogP contribution >= 0.6 is 8.03 Å². The van der Waals surface area contributed by atoms with Gasteiger partial charge in [0.25, 0.3) is 0 Å². The van der Waals surface area contributed by atoms with Crippen molar-refractivity contribution in [3.8, 4) is 0 Å². The lowest BCUT2D eigenvalue weighted by Crippen LogP contribution is -2.50. The molecule has 0 radical (unpaired) electrons. The van der Waals surface area contributed by atoms with Gasteiger partial charge in [-0.1, -0.05) is 17.7 Å². The number of aliphatic hydroxyl groups is 3. The van der Waals surface area contributed by atoms with Crippen LogP contribution in [0, 0.1) is 6.92 Å². The molecule has 20 heavy (non-hydrogen) atoms. The third-order valence-corrected chi connectivity index (χ3v) is 4.91. The van der Waals surface area contributed by atoms with Gasteiger partial charge in [-0.2, -0.15) is 0 Å². The lowest BCUT2D eigenvalue weighted by molar-refractivity contribution is -0.0685. The Kier molecular flexibility index (Phi) is 5.18. The minimum atomic E-state index is -2.57. The Morgan fingerprint density at radius 3 is 2.50 bits per heavy atom. The number of aryl methyl sites for hydroxylation is 1. The van der Waals surface area contributed by atoms with Gasteiger partial charge in [-0.15, -0.1) is 0 Å². The molecule has 0 amide bonds. The second-order valence-corrected chi connectivity index (χ2v) is 6.45. The van der Waals surface area contributed by atoms with Gasteiger partial charge in [-0.3, -0.25) is 4.57 Å². The van der Waals surface area contributed by atoms with E-state index in [2.05, 4.69) is 5.32 Å². The fourth-order valence-corrected chi connectivity index (χ4v) is 3.64. The summed E-state index contributed by atoms with van der Waals surface area (Å²) >= 11 is 0. The Morgan fingerprint density at radius 2 is 1.90 bits per heavy atom. The first kappa shape index (κ1) is 15.5. The van der Waals surface area contributed by atoms with Crippen molar-refractivity contribution in [2.24, 2.45) is 0 Å².